The summed E-state index contributed by atoms with van der Waals surface area (Å²) in [4.78, 5) is 16.9. The van der Waals surface area contributed by atoms with Gasteiger partial charge in [0.1, 0.15) is 0 Å². The van der Waals surface area contributed by atoms with Crippen LogP contribution in [0.1, 0.15) is 31.2 Å². The summed E-state index contributed by atoms with van der Waals surface area (Å²) in [7, 11) is 1.95. The Morgan fingerprint density at radius 2 is 1.81 bits per heavy atom. The molecule has 9 heteroatoms. The Morgan fingerprint density at radius 1 is 1.15 bits per heavy atom. The summed E-state index contributed by atoms with van der Waals surface area (Å²) in [5.74, 6) is 1.09. The maximum absolute atomic E-state index is 12.4. The number of nitrogens with one attached hydrogen (secondary N) is 1. The minimum absolute atomic E-state index is 0. The van der Waals surface area contributed by atoms with Crippen LogP contribution in [-0.4, -0.2) is 64.8 Å². The van der Waals surface area contributed by atoms with Crippen LogP contribution in [0.3, 0.4) is 0 Å². The zero-order valence-corrected chi connectivity index (χ0v) is 17.9. The minimum atomic E-state index is 0. The van der Waals surface area contributed by atoms with Crippen molar-refractivity contribution in [3.8, 4) is 0 Å². The Labute approximate surface area is 175 Å². The summed E-state index contributed by atoms with van der Waals surface area (Å²) in [6, 6.07) is 0. The SMILES string of the molecule is Cl.Cl.Cl.Cn1cc(CN2CCN(C(=O)CCC3CCNCC3)CC2)cn1. The van der Waals surface area contributed by atoms with E-state index in [2.05, 4.69) is 26.4 Å². The van der Waals surface area contributed by atoms with Gasteiger partial charge in [0.05, 0.1) is 6.20 Å². The van der Waals surface area contributed by atoms with Crippen molar-refractivity contribution in [2.24, 2.45) is 13.0 Å². The molecule has 2 aliphatic rings. The third-order valence-electron chi connectivity index (χ3n) is 5.11. The first-order valence-electron chi connectivity index (χ1n) is 8.89. The zero-order valence-electron chi connectivity index (χ0n) is 15.4. The number of aryl methyl sites for hydroxylation is 1. The van der Waals surface area contributed by atoms with Gasteiger partial charge >= 0.3 is 0 Å². The van der Waals surface area contributed by atoms with E-state index in [1.165, 1.54) is 18.4 Å². The lowest BCUT2D eigenvalue weighted by atomic mass is 9.93. The molecule has 0 unspecified atom stereocenters. The van der Waals surface area contributed by atoms with Crippen LogP contribution in [0.15, 0.2) is 12.4 Å². The fourth-order valence-electron chi connectivity index (χ4n) is 3.62. The second-order valence-corrected chi connectivity index (χ2v) is 6.91. The van der Waals surface area contributed by atoms with Crippen LogP contribution in [0, 0.1) is 5.92 Å². The van der Waals surface area contributed by atoms with E-state index in [-0.39, 0.29) is 37.2 Å². The molecule has 0 saturated carbocycles. The molecule has 0 radical (unpaired) electrons. The van der Waals surface area contributed by atoms with Gasteiger partial charge in [-0.1, -0.05) is 0 Å². The molecule has 1 aromatic heterocycles. The summed E-state index contributed by atoms with van der Waals surface area (Å²) in [5.41, 5.74) is 1.25. The molecule has 2 fully saturated rings. The van der Waals surface area contributed by atoms with E-state index in [9.17, 15) is 4.79 Å². The highest BCUT2D eigenvalue weighted by Gasteiger charge is 2.22. The van der Waals surface area contributed by atoms with Crippen molar-refractivity contribution in [3.63, 3.8) is 0 Å². The Hall–Kier alpha value is -0.530. The highest BCUT2D eigenvalue weighted by Crippen LogP contribution is 2.19. The number of aromatic nitrogens is 2. The standard InChI is InChI=1S/C17H29N5O.3ClH/c1-20-13-16(12-19-20)14-21-8-10-22(11-9-21)17(23)3-2-15-4-6-18-7-5-15;;;/h12-13,15,18H,2-11,14H2,1H3;3*1H. The van der Waals surface area contributed by atoms with E-state index in [1.807, 2.05) is 17.9 Å². The minimum Gasteiger partial charge on any atom is -0.340 e. The van der Waals surface area contributed by atoms with Gasteiger partial charge in [0.25, 0.3) is 0 Å². The Bertz CT molecular complexity index is 514. The summed E-state index contributed by atoms with van der Waals surface area (Å²) in [5, 5.41) is 7.60. The lowest BCUT2D eigenvalue weighted by molar-refractivity contribution is -0.133. The number of piperazine rings is 1. The fourth-order valence-corrected chi connectivity index (χ4v) is 3.62. The third kappa shape index (κ3) is 7.61. The molecule has 3 heterocycles. The summed E-state index contributed by atoms with van der Waals surface area (Å²) in [6.07, 6.45) is 8.25. The predicted octanol–water partition coefficient (Wildman–Crippen LogP) is 2.11. The van der Waals surface area contributed by atoms with E-state index >= 15 is 0 Å². The molecule has 6 nitrogen and oxygen atoms in total. The number of carbonyl (C=O) groups excluding carboxylic acids is 1. The number of halogens is 3. The molecule has 0 atom stereocenters. The number of carbonyl (C=O) groups is 1. The molecule has 26 heavy (non-hydrogen) atoms. The highest BCUT2D eigenvalue weighted by molar-refractivity contribution is 5.86. The summed E-state index contributed by atoms with van der Waals surface area (Å²) < 4.78 is 1.84. The number of hydrogen-bond acceptors (Lipinski definition) is 4. The maximum atomic E-state index is 12.4. The van der Waals surface area contributed by atoms with E-state index in [4.69, 9.17) is 0 Å². The van der Waals surface area contributed by atoms with Gasteiger partial charge in [-0.2, -0.15) is 5.10 Å². The molecule has 152 valence electrons. The second kappa shape index (κ2) is 12.8. The number of amides is 1. The monoisotopic (exact) mass is 427 g/mol. The second-order valence-electron chi connectivity index (χ2n) is 6.91. The van der Waals surface area contributed by atoms with E-state index < -0.39 is 0 Å². The third-order valence-corrected chi connectivity index (χ3v) is 5.11. The average Bonchev–Trinajstić information content (AvgIpc) is 2.99. The van der Waals surface area contributed by atoms with Crippen LogP contribution in [0.5, 0.6) is 0 Å². The Balaban J connectivity index is 0.00000208. The average molecular weight is 429 g/mol. The first-order valence-corrected chi connectivity index (χ1v) is 8.89. The predicted molar refractivity (Wildman–Crippen MR) is 112 cm³/mol. The molecule has 0 bridgehead atoms. The van der Waals surface area contributed by atoms with Crippen molar-refractivity contribution >= 4 is 43.1 Å². The van der Waals surface area contributed by atoms with Gasteiger partial charge in [-0.3, -0.25) is 14.4 Å². The topological polar surface area (TPSA) is 53.4 Å². The molecule has 0 spiro atoms. The van der Waals surface area contributed by atoms with E-state index in [0.717, 1.165) is 64.6 Å². The van der Waals surface area contributed by atoms with E-state index in [0.29, 0.717) is 5.91 Å². The summed E-state index contributed by atoms with van der Waals surface area (Å²) >= 11 is 0. The molecular weight excluding hydrogens is 397 g/mol. The molecule has 2 saturated heterocycles. The Kier molecular flexibility index (Phi) is 12.5. The fraction of sp³-hybridized carbons (Fsp3) is 0.765. The van der Waals surface area contributed by atoms with Crippen molar-refractivity contribution in [2.75, 3.05) is 39.3 Å². The largest absolute Gasteiger partial charge is 0.340 e. The molecular formula is C17H32Cl3N5O. The van der Waals surface area contributed by atoms with Gasteiger partial charge in [-0.05, 0) is 38.3 Å². The van der Waals surface area contributed by atoms with Crippen molar-refractivity contribution in [3.05, 3.63) is 18.0 Å². The Morgan fingerprint density at radius 3 is 2.38 bits per heavy atom. The van der Waals surface area contributed by atoms with Crippen LogP contribution in [0.4, 0.5) is 0 Å². The molecule has 3 rings (SSSR count). The van der Waals surface area contributed by atoms with Crippen LogP contribution >= 0.6 is 37.2 Å². The first-order chi connectivity index (χ1) is 11.2. The number of piperidine rings is 1. The van der Waals surface area contributed by atoms with Gasteiger partial charge in [-0.25, -0.2) is 0 Å². The molecule has 0 aromatic carbocycles. The zero-order chi connectivity index (χ0) is 16.1. The van der Waals surface area contributed by atoms with Crippen molar-refractivity contribution in [1.29, 1.82) is 0 Å². The summed E-state index contributed by atoms with van der Waals surface area (Å²) in [6.45, 7) is 6.83. The maximum Gasteiger partial charge on any atom is 0.222 e. The van der Waals surface area contributed by atoms with Crippen molar-refractivity contribution < 1.29 is 4.79 Å². The molecule has 1 amide bonds. The van der Waals surface area contributed by atoms with Gasteiger partial charge in [0.2, 0.25) is 5.91 Å². The van der Waals surface area contributed by atoms with Crippen LogP contribution < -0.4 is 5.32 Å². The highest BCUT2D eigenvalue weighted by atomic mass is 35.5. The van der Waals surface area contributed by atoms with Crippen molar-refractivity contribution in [2.45, 2.75) is 32.2 Å². The molecule has 1 aromatic rings. The van der Waals surface area contributed by atoms with Crippen LogP contribution in [-0.2, 0) is 18.4 Å². The van der Waals surface area contributed by atoms with Crippen molar-refractivity contribution in [1.82, 2.24) is 24.9 Å². The molecule has 1 N–H and O–H groups in total. The lowest BCUT2D eigenvalue weighted by Crippen LogP contribution is -2.48. The molecule has 0 aliphatic carbocycles. The quantitative estimate of drug-likeness (QED) is 0.780. The number of nitrogens with zero attached hydrogens (tertiary/aromatic N) is 4. The normalized spacial score (nSPS) is 18.4. The van der Waals surface area contributed by atoms with Crippen LogP contribution in [0.25, 0.3) is 0 Å². The van der Waals surface area contributed by atoms with E-state index in [1.54, 1.807) is 0 Å². The number of rotatable bonds is 5. The lowest BCUT2D eigenvalue weighted by Gasteiger charge is -2.35. The molecule has 2 aliphatic heterocycles. The smallest absolute Gasteiger partial charge is 0.222 e. The number of hydrogen-bond donors (Lipinski definition) is 1. The first kappa shape index (κ1) is 25.5. The van der Waals surface area contributed by atoms with Crippen LogP contribution in [0.2, 0.25) is 0 Å². The van der Waals surface area contributed by atoms with Gasteiger partial charge in [0, 0.05) is 58.0 Å². The van der Waals surface area contributed by atoms with Gasteiger partial charge < -0.3 is 10.2 Å². The van der Waals surface area contributed by atoms with Gasteiger partial charge in [-0.15, -0.1) is 37.2 Å². The van der Waals surface area contributed by atoms with Gasteiger partial charge in [0.15, 0.2) is 0 Å².